The Kier molecular flexibility index (Phi) is 2.99. The van der Waals surface area contributed by atoms with Crippen LogP contribution in [0.2, 0.25) is 0 Å². The van der Waals surface area contributed by atoms with Crippen LogP contribution in [0, 0.1) is 13.8 Å². The van der Waals surface area contributed by atoms with Gasteiger partial charge < -0.3 is 10.3 Å². The van der Waals surface area contributed by atoms with E-state index in [-0.39, 0.29) is 6.04 Å². The Hall–Kier alpha value is -1.13. The Morgan fingerprint density at radius 1 is 1.50 bits per heavy atom. The van der Waals surface area contributed by atoms with E-state index in [2.05, 4.69) is 34.8 Å². The van der Waals surface area contributed by atoms with Crippen LogP contribution in [0.15, 0.2) is 11.4 Å². The summed E-state index contributed by atoms with van der Waals surface area (Å²) >= 11 is 1.72. The number of nitrogens with zero attached hydrogens (tertiary/aromatic N) is 2. The summed E-state index contributed by atoms with van der Waals surface area (Å²) in [6.07, 6.45) is 3.47. The van der Waals surface area contributed by atoms with Gasteiger partial charge in [-0.2, -0.15) is 0 Å². The van der Waals surface area contributed by atoms with Gasteiger partial charge >= 0.3 is 0 Å². The van der Waals surface area contributed by atoms with Crippen molar-refractivity contribution in [1.82, 2.24) is 9.55 Å². The van der Waals surface area contributed by atoms with Gasteiger partial charge in [0.2, 0.25) is 0 Å². The number of aryl methyl sites for hydroxylation is 2. The number of hydrogen-bond acceptors (Lipinski definition) is 3. The molecule has 1 aliphatic carbocycles. The van der Waals surface area contributed by atoms with E-state index in [0.717, 1.165) is 30.1 Å². The van der Waals surface area contributed by atoms with Crippen LogP contribution in [0.4, 0.5) is 0 Å². The molecule has 2 N–H and O–H groups in total. The van der Waals surface area contributed by atoms with Gasteiger partial charge in [-0.05, 0) is 44.7 Å². The lowest BCUT2D eigenvalue weighted by Gasteiger charge is -2.21. The third-order valence-electron chi connectivity index (χ3n) is 3.76. The van der Waals surface area contributed by atoms with Gasteiger partial charge in [0.15, 0.2) is 0 Å². The van der Waals surface area contributed by atoms with E-state index in [9.17, 15) is 0 Å². The number of aromatic nitrogens is 2. The summed E-state index contributed by atoms with van der Waals surface area (Å²) < 4.78 is 2.39. The average molecular weight is 261 g/mol. The minimum Gasteiger partial charge on any atom is -0.343 e. The van der Waals surface area contributed by atoms with Crippen molar-refractivity contribution in [3.05, 3.63) is 39.1 Å². The standard InChI is InChI=1S/C14H19N3S/c1-9-6-12-13(15)4-3-5-14(12)17(9)7-11-8-18-10(2)16-11/h6,8,13H,3-5,7,15H2,1-2H3. The second kappa shape index (κ2) is 4.52. The number of fused-ring (bicyclic) bond motifs is 1. The second-order valence-corrected chi connectivity index (χ2v) is 6.19. The van der Waals surface area contributed by atoms with E-state index in [4.69, 9.17) is 5.73 Å². The molecule has 96 valence electrons. The lowest BCUT2D eigenvalue weighted by atomic mass is 9.93. The van der Waals surface area contributed by atoms with Crippen LogP contribution in [-0.4, -0.2) is 9.55 Å². The lowest BCUT2D eigenvalue weighted by molar-refractivity contribution is 0.545. The first-order valence-corrected chi connectivity index (χ1v) is 7.38. The van der Waals surface area contributed by atoms with Crippen molar-refractivity contribution in [1.29, 1.82) is 0 Å². The lowest BCUT2D eigenvalue weighted by Crippen LogP contribution is -2.18. The molecular weight excluding hydrogens is 242 g/mol. The monoisotopic (exact) mass is 261 g/mol. The predicted molar refractivity (Wildman–Crippen MR) is 75.0 cm³/mol. The van der Waals surface area contributed by atoms with Crippen LogP contribution in [0.3, 0.4) is 0 Å². The number of thiazole rings is 1. The zero-order valence-corrected chi connectivity index (χ0v) is 11.8. The summed E-state index contributed by atoms with van der Waals surface area (Å²) in [7, 11) is 0. The average Bonchev–Trinajstić information content (AvgIpc) is 2.87. The Labute approximate surface area is 112 Å². The maximum Gasteiger partial charge on any atom is 0.0898 e. The van der Waals surface area contributed by atoms with E-state index < -0.39 is 0 Å². The van der Waals surface area contributed by atoms with Gasteiger partial charge in [-0.1, -0.05) is 0 Å². The molecule has 0 amide bonds. The van der Waals surface area contributed by atoms with Gasteiger partial charge in [0, 0.05) is 22.8 Å². The molecule has 1 aliphatic rings. The van der Waals surface area contributed by atoms with E-state index in [0.29, 0.717) is 0 Å². The fourth-order valence-electron chi connectivity index (χ4n) is 2.86. The Balaban J connectivity index is 1.97. The van der Waals surface area contributed by atoms with Gasteiger partial charge in [-0.3, -0.25) is 0 Å². The van der Waals surface area contributed by atoms with Crippen molar-refractivity contribution in [2.45, 2.75) is 45.7 Å². The topological polar surface area (TPSA) is 43.8 Å². The van der Waals surface area contributed by atoms with Crippen LogP contribution >= 0.6 is 11.3 Å². The Morgan fingerprint density at radius 3 is 3.06 bits per heavy atom. The van der Waals surface area contributed by atoms with E-state index in [1.165, 1.54) is 23.4 Å². The summed E-state index contributed by atoms with van der Waals surface area (Å²) in [6, 6.07) is 2.49. The fourth-order valence-corrected chi connectivity index (χ4v) is 3.47. The zero-order chi connectivity index (χ0) is 12.7. The fraction of sp³-hybridized carbons (Fsp3) is 0.500. The molecule has 0 aliphatic heterocycles. The van der Waals surface area contributed by atoms with Gasteiger partial charge in [-0.25, -0.2) is 4.98 Å². The summed E-state index contributed by atoms with van der Waals surface area (Å²) in [5.74, 6) is 0. The summed E-state index contributed by atoms with van der Waals surface area (Å²) in [5, 5.41) is 3.30. The zero-order valence-electron chi connectivity index (χ0n) is 10.9. The maximum atomic E-state index is 6.20. The first-order valence-electron chi connectivity index (χ1n) is 6.50. The number of hydrogen-bond donors (Lipinski definition) is 1. The van der Waals surface area contributed by atoms with Crippen molar-refractivity contribution in [2.24, 2.45) is 5.73 Å². The van der Waals surface area contributed by atoms with Crippen LogP contribution < -0.4 is 5.73 Å². The van der Waals surface area contributed by atoms with E-state index in [1.807, 2.05) is 0 Å². The first kappa shape index (κ1) is 11.9. The van der Waals surface area contributed by atoms with Crippen LogP contribution in [0.1, 0.15) is 46.5 Å². The molecule has 0 saturated carbocycles. The molecule has 4 heteroatoms. The van der Waals surface area contributed by atoms with Crippen LogP contribution in [0.25, 0.3) is 0 Å². The normalized spacial score (nSPS) is 18.9. The van der Waals surface area contributed by atoms with Crippen molar-refractivity contribution < 1.29 is 0 Å². The molecule has 0 bridgehead atoms. The Morgan fingerprint density at radius 2 is 2.33 bits per heavy atom. The molecule has 1 unspecified atom stereocenters. The smallest absolute Gasteiger partial charge is 0.0898 e. The van der Waals surface area contributed by atoms with Crippen LogP contribution in [0.5, 0.6) is 0 Å². The molecule has 18 heavy (non-hydrogen) atoms. The van der Waals surface area contributed by atoms with Crippen molar-refractivity contribution >= 4 is 11.3 Å². The van der Waals surface area contributed by atoms with Crippen molar-refractivity contribution in [2.75, 3.05) is 0 Å². The second-order valence-electron chi connectivity index (χ2n) is 5.13. The molecular formula is C14H19N3S. The van der Waals surface area contributed by atoms with Gasteiger partial charge in [0.1, 0.15) is 0 Å². The molecule has 0 saturated heterocycles. The van der Waals surface area contributed by atoms with Crippen LogP contribution in [-0.2, 0) is 13.0 Å². The number of nitrogens with two attached hydrogens (primary N) is 1. The highest BCUT2D eigenvalue weighted by atomic mass is 32.1. The Bertz CT molecular complexity index is 568. The molecule has 2 aromatic heterocycles. The summed E-state index contributed by atoms with van der Waals surface area (Å²) in [5.41, 5.74) is 11.5. The SMILES string of the molecule is Cc1nc(Cn2c(C)cc3c2CCCC3N)cs1. The minimum atomic E-state index is 0.228. The van der Waals surface area contributed by atoms with Gasteiger partial charge in [-0.15, -0.1) is 11.3 Å². The highest BCUT2D eigenvalue weighted by molar-refractivity contribution is 7.09. The summed E-state index contributed by atoms with van der Waals surface area (Å²) in [6.45, 7) is 5.12. The highest BCUT2D eigenvalue weighted by Gasteiger charge is 2.22. The maximum absolute atomic E-state index is 6.20. The molecule has 0 aromatic carbocycles. The van der Waals surface area contributed by atoms with E-state index in [1.54, 1.807) is 11.3 Å². The predicted octanol–water partition coefficient (Wildman–Crippen LogP) is 2.95. The third kappa shape index (κ3) is 1.99. The largest absolute Gasteiger partial charge is 0.343 e. The molecule has 2 aromatic rings. The quantitative estimate of drug-likeness (QED) is 0.903. The molecule has 1 atom stereocenters. The molecule has 0 spiro atoms. The van der Waals surface area contributed by atoms with E-state index >= 15 is 0 Å². The minimum absolute atomic E-state index is 0.228. The van der Waals surface area contributed by atoms with Gasteiger partial charge in [0.05, 0.1) is 17.2 Å². The molecule has 0 radical (unpaired) electrons. The molecule has 3 rings (SSSR count). The molecule has 0 fully saturated rings. The highest BCUT2D eigenvalue weighted by Crippen LogP contribution is 2.31. The van der Waals surface area contributed by atoms with Gasteiger partial charge in [0.25, 0.3) is 0 Å². The third-order valence-corrected chi connectivity index (χ3v) is 4.59. The van der Waals surface area contributed by atoms with Crippen molar-refractivity contribution in [3.8, 4) is 0 Å². The number of rotatable bonds is 2. The summed E-state index contributed by atoms with van der Waals surface area (Å²) in [4.78, 5) is 4.56. The molecule has 2 heterocycles. The first-order chi connectivity index (χ1) is 8.65. The molecule has 3 nitrogen and oxygen atoms in total. The van der Waals surface area contributed by atoms with Crippen molar-refractivity contribution in [3.63, 3.8) is 0 Å².